The van der Waals surface area contributed by atoms with Gasteiger partial charge in [-0.2, -0.15) is 11.3 Å². The summed E-state index contributed by atoms with van der Waals surface area (Å²) in [5, 5.41) is 6.65. The second-order valence-corrected chi connectivity index (χ2v) is 5.58. The highest BCUT2D eigenvalue weighted by Gasteiger charge is 2.22. The number of rotatable bonds is 4. The van der Waals surface area contributed by atoms with Crippen molar-refractivity contribution in [3.8, 4) is 0 Å². The van der Waals surface area contributed by atoms with E-state index in [4.69, 9.17) is 18.0 Å². The summed E-state index contributed by atoms with van der Waals surface area (Å²) in [4.78, 5) is 12.2. The molecule has 0 atom stereocenters. The third-order valence-electron chi connectivity index (χ3n) is 2.46. The molecule has 0 bridgehead atoms. The van der Waals surface area contributed by atoms with E-state index < -0.39 is 0 Å². The van der Waals surface area contributed by atoms with Crippen molar-refractivity contribution in [2.24, 2.45) is 11.1 Å². The van der Waals surface area contributed by atoms with Crippen LogP contribution in [0.2, 0.25) is 0 Å². The third-order valence-corrected chi connectivity index (χ3v) is 3.87. The molecule has 0 saturated heterocycles. The van der Waals surface area contributed by atoms with Gasteiger partial charge in [0.15, 0.2) is 0 Å². The second-order valence-electron chi connectivity index (χ2n) is 4.40. The largest absolute Gasteiger partial charge is 0.393 e. The highest BCUT2D eigenvalue weighted by molar-refractivity contribution is 7.80. The van der Waals surface area contributed by atoms with E-state index in [0.717, 1.165) is 11.1 Å². The summed E-state index contributed by atoms with van der Waals surface area (Å²) in [6.45, 7) is 6.20. The molecule has 1 aromatic rings. The zero-order valence-electron chi connectivity index (χ0n) is 9.66. The Hall–Kier alpha value is -0.940. The van der Waals surface area contributed by atoms with Crippen LogP contribution >= 0.6 is 23.6 Å². The smallest absolute Gasteiger partial charge is 0.252 e. The van der Waals surface area contributed by atoms with Crippen LogP contribution in [0.1, 0.15) is 29.8 Å². The highest BCUT2D eigenvalue weighted by Crippen LogP contribution is 2.16. The lowest BCUT2D eigenvalue weighted by Crippen LogP contribution is -2.41. The Morgan fingerprint density at radius 3 is 2.62 bits per heavy atom. The number of carbonyl (C=O) groups excluding carboxylic acids is 1. The molecule has 0 aliphatic carbocycles. The summed E-state index contributed by atoms with van der Waals surface area (Å²) in [7, 11) is 0. The Balaban J connectivity index is 2.61. The topological polar surface area (TPSA) is 55.1 Å². The van der Waals surface area contributed by atoms with Crippen molar-refractivity contribution in [1.29, 1.82) is 0 Å². The van der Waals surface area contributed by atoms with Gasteiger partial charge in [0.05, 0.1) is 10.6 Å². The fourth-order valence-electron chi connectivity index (χ4n) is 1.08. The van der Waals surface area contributed by atoms with E-state index in [1.807, 2.05) is 31.5 Å². The minimum absolute atomic E-state index is 0.0666. The van der Waals surface area contributed by atoms with Gasteiger partial charge in [0.2, 0.25) is 0 Å². The first-order valence-corrected chi connectivity index (χ1v) is 6.30. The van der Waals surface area contributed by atoms with Crippen LogP contribution in [0, 0.1) is 12.3 Å². The average Bonchev–Trinajstić information content (AvgIpc) is 2.61. The number of hydrogen-bond donors (Lipinski definition) is 2. The number of thiophene rings is 1. The molecule has 0 aliphatic rings. The van der Waals surface area contributed by atoms with Crippen molar-refractivity contribution in [2.75, 3.05) is 6.54 Å². The number of aryl methyl sites for hydroxylation is 1. The summed E-state index contributed by atoms with van der Waals surface area (Å²) in [6, 6.07) is 0. The third kappa shape index (κ3) is 3.02. The van der Waals surface area contributed by atoms with Crippen LogP contribution in [0.5, 0.6) is 0 Å². The molecule has 16 heavy (non-hydrogen) atoms. The molecule has 0 saturated carbocycles. The lowest BCUT2D eigenvalue weighted by molar-refractivity contribution is 0.0945. The molecule has 0 aliphatic heterocycles. The first-order valence-electron chi connectivity index (χ1n) is 4.95. The highest BCUT2D eigenvalue weighted by atomic mass is 32.1. The van der Waals surface area contributed by atoms with Gasteiger partial charge < -0.3 is 11.1 Å². The van der Waals surface area contributed by atoms with Gasteiger partial charge in [0.1, 0.15) is 0 Å². The Morgan fingerprint density at radius 2 is 2.19 bits per heavy atom. The van der Waals surface area contributed by atoms with E-state index >= 15 is 0 Å². The molecule has 1 rings (SSSR count). The number of amides is 1. The maximum atomic E-state index is 11.8. The Labute approximate surface area is 105 Å². The molecule has 5 heteroatoms. The van der Waals surface area contributed by atoms with Crippen molar-refractivity contribution in [3.63, 3.8) is 0 Å². The van der Waals surface area contributed by atoms with Crippen LogP contribution in [0.15, 0.2) is 10.8 Å². The second kappa shape index (κ2) is 4.93. The summed E-state index contributed by atoms with van der Waals surface area (Å²) in [5.74, 6) is -0.0666. The molecular weight excluding hydrogens is 240 g/mol. The normalized spacial score (nSPS) is 11.2. The maximum Gasteiger partial charge on any atom is 0.252 e. The number of nitrogens with two attached hydrogens (primary N) is 1. The van der Waals surface area contributed by atoms with E-state index in [9.17, 15) is 4.79 Å². The SMILES string of the molecule is Cc1cscc1C(=O)NCC(C)(C)C(N)=S. The van der Waals surface area contributed by atoms with E-state index in [-0.39, 0.29) is 11.3 Å². The minimum Gasteiger partial charge on any atom is -0.393 e. The van der Waals surface area contributed by atoms with E-state index in [0.29, 0.717) is 11.5 Å². The Kier molecular flexibility index (Phi) is 4.04. The quantitative estimate of drug-likeness (QED) is 0.811. The van der Waals surface area contributed by atoms with E-state index in [1.165, 1.54) is 11.3 Å². The molecule has 3 nitrogen and oxygen atoms in total. The zero-order chi connectivity index (χ0) is 12.3. The molecule has 1 heterocycles. The molecule has 0 aromatic carbocycles. The van der Waals surface area contributed by atoms with Gasteiger partial charge in [-0.1, -0.05) is 26.1 Å². The van der Waals surface area contributed by atoms with Gasteiger partial charge in [-0.25, -0.2) is 0 Å². The van der Waals surface area contributed by atoms with Crippen LogP contribution in [0.3, 0.4) is 0 Å². The van der Waals surface area contributed by atoms with Crippen LogP contribution < -0.4 is 11.1 Å². The van der Waals surface area contributed by atoms with Crippen LogP contribution in [-0.2, 0) is 0 Å². The van der Waals surface area contributed by atoms with Gasteiger partial charge in [-0.3, -0.25) is 4.79 Å². The van der Waals surface area contributed by atoms with Crippen LogP contribution in [0.25, 0.3) is 0 Å². The molecule has 0 spiro atoms. The first kappa shape index (κ1) is 13.1. The molecular formula is C11H16N2OS2. The lowest BCUT2D eigenvalue weighted by Gasteiger charge is -2.23. The van der Waals surface area contributed by atoms with Gasteiger partial charge in [0, 0.05) is 17.3 Å². The van der Waals surface area contributed by atoms with Crippen molar-refractivity contribution < 1.29 is 4.79 Å². The summed E-state index contributed by atoms with van der Waals surface area (Å²) >= 11 is 6.46. The number of nitrogens with one attached hydrogen (secondary N) is 1. The predicted octanol–water partition coefficient (Wildman–Crippen LogP) is 2.10. The predicted molar refractivity (Wildman–Crippen MR) is 72.0 cm³/mol. The molecule has 0 fully saturated rings. The number of hydrogen-bond acceptors (Lipinski definition) is 3. The maximum absolute atomic E-state index is 11.8. The van der Waals surface area contributed by atoms with Crippen molar-refractivity contribution >= 4 is 34.5 Å². The first-order chi connectivity index (χ1) is 7.34. The van der Waals surface area contributed by atoms with Gasteiger partial charge in [-0.05, 0) is 17.9 Å². The summed E-state index contributed by atoms with van der Waals surface area (Å²) in [5.41, 5.74) is 6.96. The van der Waals surface area contributed by atoms with Crippen molar-refractivity contribution in [3.05, 3.63) is 21.9 Å². The lowest BCUT2D eigenvalue weighted by atomic mass is 9.93. The molecule has 0 unspecified atom stereocenters. The molecule has 88 valence electrons. The van der Waals surface area contributed by atoms with Crippen molar-refractivity contribution in [2.45, 2.75) is 20.8 Å². The monoisotopic (exact) mass is 256 g/mol. The summed E-state index contributed by atoms with van der Waals surface area (Å²) in [6.07, 6.45) is 0. The Morgan fingerprint density at radius 1 is 1.56 bits per heavy atom. The average molecular weight is 256 g/mol. The fourth-order valence-corrected chi connectivity index (χ4v) is 1.98. The van der Waals surface area contributed by atoms with Gasteiger partial charge in [0.25, 0.3) is 5.91 Å². The number of carbonyl (C=O) groups is 1. The standard InChI is InChI=1S/C11H16N2OS2/c1-7-4-16-5-8(7)9(14)13-6-11(2,3)10(12)15/h4-5H,6H2,1-3H3,(H2,12,15)(H,13,14). The van der Waals surface area contributed by atoms with Crippen LogP contribution in [0.4, 0.5) is 0 Å². The number of thiocarbonyl (C=S) groups is 1. The molecule has 3 N–H and O–H groups in total. The minimum atomic E-state index is -0.352. The summed E-state index contributed by atoms with van der Waals surface area (Å²) < 4.78 is 0. The molecule has 1 aromatic heterocycles. The molecule has 1 amide bonds. The van der Waals surface area contributed by atoms with E-state index in [1.54, 1.807) is 0 Å². The zero-order valence-corrected chi connectivity index (χ0v) is 11.3. The van der Waals surface area contributed by atoms with E-state index in [2.05, 4.69) is 5.32 Å². The van der Waals surface area contributed by atoms with Gasteiger partial charge >= 0.3 is 0 Å². The van der Waals surface area contributed by atoms with Crippen LogP contribution in [-0.4, -0.2) is 17.4 Å². The molecule has 0 radical (unpaired) electrons. The van der Waals surface area contributed by atoms with Gasteiger partial charge in [-0.15, -0.1) is 0 Å². The van der Waals surface area contributed by atoms with Crippen molar-refractivity contribution in [1.82, 2.24) is 5.32 Å². The Bertz CT molecular complexity index is 410. The fraction of sp³-hybridized carbons (Fsp3) is 0.455.